The van der Waals surface area contributed by atoms with Crippen molar-refractivity contribution < 1.29 is 0 Å². The van der Waals surface area contributed by atoms with E-state index in [0.29, 0.717) is 17.9 Å². The third-order valence-electron chi connectivity index (χ3n) is 2.57. The number of nitrogens with zero attached hydrogens (tertiary/aromatic N) is 1. The standard InChI is InChI=1S/C13H15N3O/c1-9-3-5-10(6-4-9)12-15-8-11(7-14-2)13(17)16-12/h3-6,8,14H,7H2,1-2H3,(H,15,16,17). The van der Waals surface area contributed by atoms with Crippen LogP contribution in [0.2, 0.25) is 0 Å². The van der Waals surface area contributed by atoms with Gasteiger partial charge in [-0.05, 0) is 14.0 Å². The van der Waals surface area contributed by atoms with E-state index < -0.39 is 0 Å². The predicted octanol–water partition coefficient (Wildman–Crippen LogP) is 1.46. The van der Waals surface area contributed by atoms with Gasteiger partial charge in [-0.2, -0.15) is 0 Å². The number of hydrogen-bond acceptors (Lipinski definition) is 3. The highest BCUT2D eigenvalue weighted by Gasteiger charge is 2.03. The van der Waals surface area contributed by atoms with E-state index in [1.807, 2.05) is 31.2 Å². The lowest BCUT2D eigenvalue weighted by atomic mass is 10.1. The highest BCUT2D eigenvalue weighted by molar-refractivity contribution is 5.54. The van der Waals surface area contributed by atoms with Gasteiger partial charge in [-0.1, -0.05) is 29.8 Å². The van der Waals surface area contributed by atoms with E-state index in [1.165, 1.54) is 5.56 Å². The summed E-state index contributed by atoms with van der Waals surface area (Å²) in [6.45, 7) is 2.55. The van der Waals surface area contributed by atoms with Crippen LogP contribution in [0.3, 0.4) is 0 Å². The molecule has 2 N–H and O–H groups in total. The second kappa shape index (κ2) is 4.93. The summed E-state index contributed by atoms with van der Waals surface area (Å²) < 4.78 is 0. The SMILES string of the molecule is CNCc1cnc(-c2ccc(C)cc2)[nH]c1=O. The Kier molecular flexibility index (Phi) is 3.35. The van der Waals surface area contributed by atoms with E-state index in [4.69, 9.17) is 0 Å². The number of aromatic nitrogens is 2. The van der Waals surface area contributed by atoms with E-state index in [2.05, 4.69) is 15.3 Å². The molecule has 0 fully saturated rings. The summed E-state index contributed by atoms with van der Waals surface area (Å²) in [6, 6.07) is 7.89. The van der Waals surface area contributed by atoms with Crippen molar-refractivity contribution in [2.45, 2.75) is 13.5 Å². The molecule has 2 rings (SSSR count). The second-order valence-electron chi connectivity index (χ2n) is 3.98. The summed E-state index contributed by atoms with van der Waals surface area (Å²) in [5, 5.41) is 2.93. The molecule has 0 saturated heterocycles. The van der Waals surface area contributed by atoms with Crippen molar-refractivity contribution in [1.29, 1.82) is 0 Å². The number of aryl methyl sites for hydroxylation is 1. The fourth-order valence-corrected chi connectivity index (χ4v) is 1.60. The third-order valence-corrected chi connectivity index (χ3v) is 2.57. The van der Waals surface area contributed by atoms with Crippen LogP contribution < -0.4 is 10.9 Å². The van der Waals surface area contributed by atoms with Crippen molar-refractivity contribution in [3.05, 3.63) is 51.9 Å². The lowest BCUT2D eigenvalue weighted by Gasteiger charge is -2.03. The Morgan fingerprint density at radius 3 is 2.59 bits per heavy atom. The quantitative estimate of drug-likeness (QED) is 0.837. The van der Waals surface area contributed by atoms with Gasteiger partial charge in [0.05, 0.1) is 0 Å². The van der Waals surface area contributed by atoms with Crippen molar-refractivity contribution in [2.24, 2.45) is 0 Å². The van der Waals surface area contributed by atoms with E-state index in [1.54, 1.807) is 13.2 Å². The van der Waals surface area contributed by atoms with Crippen LogP contribution in [0.25, 0.3) is 11.4 Å². The summed E-state index contributed by atoms with van der Waals surface area (Å²) in [6.07, 6.45) is 1.62. The molecule has 0 unspecified atom stereocenters. The highest BCUT2D eigenvalue weighted by Crippen LogP contribution is 2.13. The average Bonchev–Trinajstić information content (AvgIpc) is 2.33. The van der Waals surface area contributed by atoms with Crippen molar-refractivity contribution >= 4 is 0 Å². The van der Waals surface area contributed by atoms with E-state index in [0.717, 1.165) is 5.56 Å². The Morgan fingerprint density at radius 2 is 2.00 bits per heavy atom. The van der Waals surface area contributed by atoms with E-state index >= 15 is 0 Å². The first kappa shape index (κ1) is 11.5. The van der Waals surface area contributed by atoms with Crippen LogP contribution >= 0.6 is 0 Å². The first-order valence-electron chi connectivity index (χ1n) is 5.50. The second-order valence-corrected chi connectivity index (χ2v) is 3.98. The zero-order chi connectivity index (χ0) is 12.3. The van der Waals surface area contributed by atoms with Crippen LogP contribution in [-0.2, 0) is 6.54 Å². The maximum atomic E-state index is 11.7. The van der Waals surface area contributed by atoms with Gasteiger partial charge in [0.25, 0.3) is 5.56 Å². The summed E-state index contributed by atoms with van der Waals surface area (Å²) in [5.74, 6) is 0.606. The lowest BCUT2D eigenvalue weighted by Crippen LogP contribution is -2.19. The average molecular weight is 229 g/mol. The van der Waals surface area contributed by atoms with Crippen LogP contribution in [0.15, 0.2) is 35.3 Å². The van der Waals surface area contributed by atoms with Gasteiger partial charge in [-0.25, -0.2) is 4.98 Å². The minimum atomic E-state index is -0.0927. The van der Waals surface area contributed by atoms with Gasteiger partial charge in [0, 0.05) is 23.9 Å². The normalized spacial score (nSPS) is 10.5. The zero-order valence-electron chi connectivity index (χ0n) is 9.95. The summed E-state index contributed by atoms with van der Waals surface area (Å²) in [5.41, 5.74) is 2.65. The zero-order valence-corrected chi connectivity index (χ0v) is 9.95. The van der Waals surface area contributed by atoms with E-state index in [-0.39, 0.29) is 5.56 Å². The van der Waals surface area contributed by atoms with Gasteiger partial charge in [-0.3, -0.25) is 4.79 Å². The van der Waals surface area contributed by atoms with Gasteiger partial charge < -0.3 is 10.3 Å². The number of aromatic amines is 1. The maximum Gasteiger partial charge on any atom is 0.255 e. The van der Waals surface area contributed by atoms with Gasteiger partial charge >= 0.3 is 0 Å². The van der Waals surface area contributed by atoms with Crippen molar-refractivity contribution in [1.82, 2.24) is 15.3 Å². The van der Waals surface area contributed by atoms with Gasteiger partial charge in [0.1, 0.15) is 5.82 Å². The van der Waals surface area contributed by atoms with Crippen LogP contribution in [0.1, 0.15) is 11.1 Å². The summed E-state index contributed by atoms with van der Waals surface area (Å²) in [4.78, 5) is 18.8. The molecule has 0 radical (unpaired) electrons. The first-order valence-corrected chi connectivity index (χ1v) is 5.50. The lowest BCUT2D eigenvalue weighted by molar-refractivity contribution is 0.798. The Bertz CT molecular complexity index is 558. The van der Waals surface area contributed by atoms with Crippen molar-refractivity contribution in [3.8, 4) is 11.4 Å². The summed E-state index contributed by atoms with van der Waals surface area (Å²) in [7, 11) is 1.80. The fraction of sp³-hybridized carbons (Fsp3) is 0.231. The first-order chi connectivity index (χ1) is 8.20. The van der Waals surface area contributed by atoms with Crippen LogP contribution in [0, 0.1) is 6.92 Å². The fourth-order valence-electron chi connectivity index (χ4n) is 1.60. The molecule has 88 valence electrons. The van der Waals surface area contributed by atoms with Crippen molar-refractivity contribution in [2.75, 3.05) is 7.05 Å². The number of rotatable bonds is 3. The molecule has 0 aliphatic carbocycles. The molecule has 4 nitrogen and oxygen atoms in total. The minimum absolute atomic E-state index is 0.0927. The van der Waals surface area contributed by atoms with Crippen LogP contribution in [-0.4, -0.2) is 17.0 Å². The molecule has 0 atom stereocenters. The monoisotopic (exact) mass is 229 g/mol. The molecule has 0 bridgehead atoms. The molecule has 1 aromatic heterocycles. The van der Waals surface area contributed by atoms with Gasteiger partial charge in [0.2, 0.25) is 0 Å². The largest absolute Gasteiger partial charge is 0.315 e. The molecule has 17 heavy (non-hydrogen) atoms. The molecule has 0 spiro atoms. The molecule has 1 heterocycles. The highest BCUT2D eigenvalue weighted by atomic mass is 16.1. The molecule has 0 aliphatic rings. The Hall–Kier alpha value is -1.94. The molecule has 2 aromatic rings. The van der Waals surface area contributed by atoms with Crippen LogP contribution in [0.4, 0.5) is 0 Å². The minimum Gasteiger partial charge on any atom is -0.315 e. The molecular formula is C13H15N3O. The Labute approximate surface area is 99.7 Å². The van der Waals surface area contributed by atoms with E-state index in [9.17, 15) is 4.79 Å². The molecule has 0 aliphatic heterocycles. The molecule has 0 saturated carbocycles. The molecule has 0 amide bonds. The van der Waals surface area contributed by atoms with Crippen LogP contribution in [0.5, 0.6) is 0 Å². The van der Waals surface area contributed by atoms with Gasteiger partial charge in [-0.15, -0.1) is 0 Å². The predicted molar refractivity (Wildman–Crippen MR) is 67.8 cm³/mol. The molecular weight excluding hydrogens is 214 g/mol. The maximum absolute atomic E-state index is 11.7. The third kappa shape index (κ3) is 2.60. The van der Waals surface area contributed by atoms with Crippen molar-refractivity contribution in [3.63, 3.8) is 0 Å². The number of benzene rings is 1. The number of hydrogen-bond donors (Lipinski definition) is 2. The Balaban J connectivity index is 2.37. The summed E-state index contributed by atoms with van der Waals surface area (Å²) >= 11 is 0. The number of nitrogens with one attached hydrogen (secondary N) is 2. The molecule has 4 heteroatoms. The van der Waals surface area contributed by atoms with Gasteiger partial charge in [0.15, 0.2) is 0 Å². The molecule has 1 aromatic carbocycles. The Morgan fingerprint density at radius 1 is 1.29 bits per heavy atom. The topological polar surface area (TPSA) is 57.8 Å². The smallest absolute Gasteiger partial charge is 0.255 e. The number of H-pyrrole nitrogens is 1.